The van der Waals surface area contributed by atoms with Crippen LogP contribution in [-0.2, 0) is 18.3 Å². The van der Waals surface area contributed by atoms with Gasteiger partial charge in [-0.25, -0.2) is 32.6 Å². The number of carbonyl (C=O) groups is 1. The van der Waals surface area contributed by atoms with Crippen molar-refractivity contribution in [3.05, 3.63) is 52.0 Å². The predicted octanol–water partition coefficient (Wildman–Crippen LogP) is 2.70. The van der Waals surface area contributed by atoms with Gasteiger partial charge in [-0.1, -0.05) is 6.92 Å². The standard InChI is InChI=1S/C24H25F3N8O3/c1-12-9-34(11-19(28)24(12,26)27)21-16(29-2)7-15(25)20(32-21)31-13-4-5-17-18(6-13)35(23(37)33(17)3)10-14-8-30-22(36)38-14/h4-7,12,14,19H,8-11,28H2,1,3H3,(H,30,36)(H,31,32)/t12-,14-,19+/m1/s1. The molecule has 1 aromatic carbocycles. The zero-order valence-corrected chi connectivity index (χ0v) is 20.5. The zero-order valence-electron chi connectivity index (χ0n) is 20.5. The van der Waals surface area contributed by atoms with Crippen LogP contribution in [0.25, 0.3) is 15.9 Å². The molecule has 3 atom stereocenters. The average Bonchev–Trinajstić information content (AvgIpc) is 3.39. The first-order valence-corrected chi connectivity index (χ1v) is 11.9. The van der Waals surface area contributed by atoms with Crippen molar-refractivity contribution in [2.75, 3.05) is 29.9 Å². The second-order valence-corrected chi connectivity index (χ2v) is 9.55. The number of aryl methyl sites for hydroxylation is 1. The number of imidazole rings is 1. The van der Waals surface area contributed by atoms with Crippen LogP contribution in [0.3, 0.4) is 0 Å². The Morgan fingerprint density at radius 1 is 1.29 bits per heavy atom. The third-order valence-electron chi connectivity index (χ3n) is 6.96. The van der Waals surface area contributed by atoms with Crippen LogP contribution in [0.5, 0.6) is 0 Å². The summed E-state index contributed by atoms with van der Waals surface area (Å²) in [5.74, 6) is -5.16. The molecule has 2 aliphatic rings. The molecular weight excluding hydrogens is 505 g/mol. The largest absolute Gasteiger partial charge is 0.442 e. The highest BCUT2D eigenvalue weighted by Crippen LogP contribution is 2.38. The number of amides is 1. The number of nitrogens with two attached hydrogens (primary N) is 1. The van der Waals surface area contributed by atoms with E-state index in [1.165, 1.54) is 21.0 Å². The number of anilines is 3. The first kappa shape index (κ1) is 25.4. The molecule has 2 aliphatic heterocycles. The molecule has 2 aromatic heterocycles. The summed E-state index contributed by atoms with van der Waals surface area (Å²) in [6.45, 7) is 8.82. The van der Waals surface area contributed by atoms with E-state index in [1.54, 1.807) is 25.2 Å². The Morgan fingerprint density at radius 2 is 2.05 bits per heavy atom. The Labute approximate surface area is 214 Å². The van der Waals surface area contributed by atoms with E-state index in [-0.39, 0.29) is 49.2 Å². The molecule has 5 rings (SSSR count). The van der Waals surface area contributed by atoms with Gasteiger partial charge in [0.05, 0.1) is 36.7 Å². The van der Waals surface area contributed by atoms with E-state index in [1.807, 2.05) is 0 Å². The molecule has 0 spiro atoms. The molecule has 200 valence electrons. The fourth-order valence-corrected chi connectivity index (χ4v) is 4.84. The van der Waals surface area contributed by atoms with Gasteiger partial charge in [0, 0.05) is 31.7 Å². The van der Waals surface area contributed by atoms with Crippen LogP contribution in [0.4, 0.5) is 41.0 Å². The molecule has 0 bridgehead atoms. The SMILES string of the molecule is [C-]#[N+]c1cc(F)c(Nc2ccc3c(c2)n(C[C@H]2CNC(=O)O2)c(=O)n3C)nc1N1C[C@@H](C)C(F)(F)[C@@H](N)C1. The van der Waals surface area contributed by atoms with Crippen molar-refractivity contribution in [1.29, 1.82) is 0 Å². The summed E-state index contributed by atoms with van der Waals surface area (Å²) < 4.78 is 51.6. The van der Waals surface area contributed by atoms with E-state index in [9.17, 15) is 22.8 Å². The van der Waals surface area contributed by atoms with Gasteiger partial charge in [0.25, 0.3) is 5.92 Å². The van der Waals surface area contributed by atoms with Crippen molar-refractivity contribution in [3.63, 3.8) is 0 Å². The monoisotopic (exact) mass is 530 g/mol. The quantitative estimate of drug-likeness (QED) is 0.434. The topological polar surface area (TPSA) is 124 Å². The zero-order chi connectivity index (χ0) is 27.4. The second-order valence-electron chi connectivity index (χ2n) is 9.55. The van der Waals surface area contributed by atoms with Gasteiger partial charge in [0.15, 0.2) is 11.6 Å². The lowest BCUT2D eigenvalue weighted by Gasteiger charge is -2.41. The Morgan fingerprint density at radius 3 is 2.71 bits per heavy atom. The minimum Gasteiger partial charge on any atom is -0.442 e. The van der Waals surface area contributed by atoms with E-state index in [0.717, 1.165) is 6.07 Å². The molecule has 38 heavy (non-hydrogen) atoms. The lowest BCUT2D eigenvalue weighted by atomic mass is 9.91. The molecule has 1 amide bonds. The molecule has 11 nitrogen and oxygen atoms in total. The summed E-state index contributed by atoms with van der Waals surface area (Å²) in [7, 11) is 1.61. The van der Waals surface area contributed by atoms with Crippen molar-refractivity contribution in [1.82, 2.24) is 19.4 Å². The smallest absolute Gasteiger partial charge is 0.407 e. The van der Waals surface area contributed by atoms with E-state index in [2.05, 4.69) is 20.5 Å². The first-order valence-electron chi connectivity index (χ1n) is 11.9. The number of fused-ring (bicyclic) bond motifs is 1. The van der Waals surface area contributed by atoms with Gasteiger partial charge in [-0.3, -0.25) is 9.13 Å². The number of nitrogens with one attached hydrogen (secondary N) is 2. The van der Waals surface area contributed by atoms with Crippen molar-refractivity contribution < 1.29 is 22.7 Å². The van der Waals surface area contributed by atoms with Crippen LogP contribution in [0.15, 0.2) is 29.1 Å². The lowest BCUT2D eigenvalue weighted by Crippen LogP contribution is -2.60. The van der Waals surface area contributed by atoms with E-state index in [4.69, 9.17) is 17.0 Å². The van der Waals surface area contributed by atoms with E-state index < -0.39 is 35.9 Å². The number of alkyl halides is 2. The number of hydrogen-bond acceptors (Lipinski definition) is 7. The minimum atomic E-state index is -3.08. The number of ether oxygens (including phenoxy) is 1. The predicted molar refractivity (Wildman–Crippen MR) is 133 cm³/mol. The van der Waals surface area contributed by atoms with Crippen LogP contribution in [0.2, 0.25) is 0 Å². The number of alkyl carbamates (subject to hydrolysis) is 1. The summed E-state index contributed by atoms with van der Waals surface area (Å²) in [5.41, 5.74) is 6.78. The second kappa shape index (κ2) is 9.25. The van der Waals surface area contributed by atoms with Crippen molar-refractivity contribution in [2.45, 2.75) is 31.5 Å². The fraction of sp³-hybridized carbons (Fsp3) is 0.417. The third kappa shape index (κ3) is 4.28. The lowest BCUT2D eigenvalue weighted by molar-refractivity contribution is -0.0806. The first-order chi connectivity index (χ1) is 18.0. The summed E-state index contributed by atoms with van der Waals surface area (Å²) in [6, 6.07) is 4.46. The third-order valence-corrected chi connectivity index (χ3v) is 6.96. The van der Waals surface area contributed by atoms with Gasteiger partial charge in [-0.2, -0.15) is 0 Å². The van der Waals surface area contributed by atoms with Crippen LogP contribution in [-0.4, -0.2) is 57.9 Å². The Kier molecular flexibility index (Phi) is 6.18. The summed E-state index contributed by atoms with van der Waals surface area (Å²) in [5, 5.41) is 5.42. The highest BCUT2D eigenvalue weighted by molar-refractivity contribution is 5.82. The maximum Gasteiger partial charge on any atom is 0.407 e. The van der Waals surface area contributed by atoms with Crippen LogP contribution >= 0.6 is 0 Å². The number of rotatable bonds is 5. The molecule has 14 heteroatoms. The average molecular weight is 531 g/mol. The molecule has 3 aromatic rings. The van der Waals surface area contributed by atoms with Crippen molar-refractivity contribution in [2.24, 2.45) is 18.7 Å². The van der Waals surface area contributed by atoms with E-state index in [0.29, 0.717) is 16.7 Å². The number of aromatic nitrogens is 3. The number of hydrogen-bond donors (Lipinski definition) is 3. The van der Waals surface area contributed by atoms with Crippen molar-refractivity contribution >= 4 is 40.1 Å². The Balaban J connectivity index is 1.48. The maximum atomic E-state index is 15.0. The molecular formula is C24H25F3N8O3. The van der Waals surface area contributed by atoms with Gasteiger partial charge < -0.3 is 26.0 Å². The highest BCUT2D eigenvalue weighted by Gasteiger charge is 2.48. The Hall–Kier alpha value is -4.25. The Bertz CT molecular complexity index is 1510. The molecule has 0 aliphatic carbocycles. The van der Waals surface area contributed by atoms with Gasteiger partial charge in [-0.15, -0.1) is 0 Å². The van der Waals surface area contributed by atoms with Crippen molar-refractivity contribution in [3.8, 4) is 0 Å². The molecule has 2 fully saturated rings. The fourth-order valence-electron chi connectivity index (χ4n) is 4.84. The van der Waals surface area contributed by atoms with Crippen LogP contribution < -0.4 is 27.0 Å². The number of pyridine rings is 1. The van der Waals surface area contributed by atoms with E-state index >= 15 is 0 Å². The number of carbonyl (C=O) groups excluding carboxylic acids is 1. The number of halogens is 3. The van der Waals surface area contributed by atoms with Gasteiger partial charge in [0.2, 0.25) is 5.69 Å². The molecule has 0 radical (unpaired) electrons. The molecule has 0 unspecified atom stereocenters. The van der Waals surface area contributed by atoms with Gasteiger partial charge in [0.1, 0.15) is 11.9 Å². The summed E-state index contributed by atoms with van der Waals surface area (Å²) >= 11 is 0. The van der Waals surface area contributed by atoms with Crippen LogP contribution in [0, 0.1) is 18.3 Å². The number of benzene rings is 1. The molecule has 0 saturated carbocycles. The minimum absolute atomic E-state index is 0.0509. The normalized spacial score (nSPS) is 22.7. The maximum absolute atomic E-state index is 15.0. The number of piperidine rings is 1. The number of nitrogens with zero attached hydrogens (tertiary/aromatic N) is 5. The number of cyclic esters (lactones) is 1. The molecule has 4 heterocycles. The summed E-state index contributed by atoms with van der Waals surface area (Å²) in [4.78, 5) is 33.3. The van der Waals surface area contributed by atoms with Gasteiger partial charge >= 0.3 is 11.8 Å². The molecule has 2 saturated heterocycles. The molecule has 4 N–H and O–H groups in total. The van der Waals surface area contributed by atoms with Gasteiger partial charge in [-0.05, 0) is 24.3 Å². The highest BCUT2D eigenvalue weighted by atomic mass is 19.3. The summed E-state index contributed by atoms with van der Waals surface area (Å²) in [6.07, 6.45) is -1.09. The van der Waals surface area contributed by atoms with Crippen LogP contribution in [0.1, 0.15) is 6.92 Å².